The summed E-state index contributed by atoms with van der Waals surface area (Å²) >= 11 is 6.35. The zero-order valence-electron chi connectivity index (χ0n) is 17.1. The van der Waals surface area contributed by atoms with E-state index in [1.165, 1.54) is 9.47 Å². The summed E-state index contributed by atoms with van der Waals surface area (Å²) in [6.07, 6.45) is -1.08. The van der Waals surface area contributed by atoms with Gasteiger partial charge >= 0.3 is 6.09 Å². The van der Waals surface area contributed by atoms with Gasteiger partial charge in [-0.2, -0.15) is 0 Å². The number of halogens is 1. The van der Waals surface area contributed by atoms with Gasteiger partial charge < -0.3 is 5.11 Å². The summed E-state index contributed by atoms with van der Waals surface area (Å²) < 4.78 is 1.46. The zero-order valence-corrected chi connectivity index (χ0v) is 17.9. The Morgan fingerprint density at radius 2 is 1.79 bits per heavy atom. The number of hydrogen-bond acceptors (Lipinski definition) is 3. The molecule has 3 aromatic rings. The van der Waals surface area contributed by atoms with Crippen LogP contribution in [0.3, 0.4) is 0 Å². The fraction of sp³-hybridized carbons (Fsp3) is 0.318. The summed E-state index contributed by atoms with van der Waals surface area (Å²) in [6.45, 7) is 9.03. The second-order valence-electron chi connectivity index (χ2n) is 8.03. The molecule has 6 nitrogen and oxygen atoms in total. The highest BCUT2D eigenvalue weighted by molar-refractivity contribution is 6.35. The number of hydrogen-bond donors (Lipinski definition) is 1. The third kappa shape index (κ3) is 3.72. The Morgan fingerprint density at radius 3 is 2.34 bits per heavy atom. The summed E-state index contributed by atoms with van der Waals surface area (Å²) in [7, 11) is 0. The lowest BCUT2D eigenvalue weighted by atomic mass is 10.0. The Kier molecular flexibility index (Phi) is 5.41. The molecule has 0 radical (unpaired) electrons. The molecule has 1 N–H and O–H groups in total. The molecular formula is C22H24ClN3O3. The smallest absolute Gasteiger partial charge is 0.408 e. The molecule has 0 aliphatic carbocycles. The summed E-state index contributed by atoms with van der Waals surface area (Å²) in [5.74, 6) is 0.344. The molecule has 1 heterocycles. The number of aryl methyl sites for hydroxylation is 1. The van der Waals surface area contributed by atoms with Crippen molar-refractivity contribution >= 4 is 28.6 Å². The van der Waals surface area contributed by atoms with Gasteiger partial charge in [-0.3, -0.25) is 14.3 Å². The molecule has 7 heteroatoms. The summed E-state index contributed by atoms with van der Waals surface area (Å²) in [5, 5.41) is 10.5. The first kappa shape index (κ1) is 20.9. The predicted molar refractivity (Wildman–Crippen MR) is 115 cm³/mol. The molecule has 0 aliphatic heterocycles. The lowest BCUT2D eigenvalue weighted by Gasteiger charge is -2.38. The maximum absolute atomic E-state index is 13.5. The number of carboxylic acid groups (broad SMARTS) is 1. The lowest BCUT2D eigenvalue weighted by Crippen LogP contribution is -2.47. The van der Waals surface area contributed by atoms with Crippen LogP contribution >= 0.6 is 11.6 Å². The van der Waals surface area contributed by atoms with Crippen LogP contribution in [0.1, 0.15) is 45.1 Å². The first-order chi connectivity index (χ1) is 13.5. The van der Waals surface area contributed by atoms with Crippen LogP contribution in [0, 0.1) is 6.92 Å². The van der Waals surface area contributed by atoms with E-state index in [1.54, 1.807) is 31.2 Å². The molecule has 0 aliphatic rings. The van der Waals surface area contributed by atoms with Crippen molar-refractivity contribution in [3.63, 3.8) is 0 Å². The monoisotopic (exact) mass is 413 g/mol. The van der Waals surface area contributed by atoms with E-state index < -0.39 is 17.7 Å². The number of carbonyl (C=O) groups is 1. The fourth-order valence-electron chi connectivity index (χ4n) is 3.65. The van der Waals surface area contributed by atoms with E-state index in [0.717, 1.165) is 5.56 Å². The Bertz CT molecular complexity index is 1130. The number of benzene rings is 2. The average Bonchev–Trinajstić information content (AvgIpc) is 2.63. The molecule has 0 saturated carbocycles. The predicted octanol–water partition coefficient (Wildman–Crippen LogP) is 5.19. The second-order valence-corrected chi connectivity index (χ2v) is 8.44. The van der Waals surface area contributed by atoms with Crippen molar-refractivity contribution in [2.45, 2.75) is 46.2 Å². The minimum Gasteiger partial charge on any atom is -0.465 e. The van der Waals surface area contributed by atoms with Crippen molar-refractivity contribution < 1.29 is 9.90 Å². The molecule has 0 bridgehead atoms. The molecule has 0 fully saturated rings. The van der Waals surface area contributed by atoms with Gasteiger partial charge in [0.1, 0.15) is 5.82 Å². The number of aromatic nitrogens is 2. The number of para-hydroxylation sites is 1. The highest BCUT2D eigenvalue weighted by Gasteiger charge is 2.34. The largest absolute Gasteiger partial charge is 0.465 e. The Balaban J connectivity index is 2.43. The topological polar surface area (TPSA) is 75.4 Å². The van der Waals surface area contributed by atoms with Crippen LogP contribution in [0.4, 0.5) is 4.79 Å². The third-order valence-corrected chi connectivity index (χ3v) is 5.22. The molecule has 29 heavy (non-hydrogen) atoms. The number of nitrogens with zero attached hydrogens (tertiary/aromatic N) is 3. The van der Waals surface area contributed by atoms with Gasteiger partial charge in [-0.15, -0.1) is 0 Å². The van der Waals surface area contributed by atoms with Gasteiger partial charge in [0.15, 0.2) is 0 Å². The zero-order chi connectivity index (χ0) is 21.5. The van der Waals surface area contributed by atoms with Crippen molar-refractivity contribution in [3.8, 4) is 5.69 Å². The molecular weight excluding hydrogens is 390 g/mol. The van der Waals surface area contributed by atoms with Crippen molar-refractivity contribution in [1.29, 1.82) is 0 Å². The fourth-order valence-corrected chi connectivity index (χ4v) is 3.89. The maximum Gasteiger partial charge on any atom is 0.408 e. The summed E-state index contributed by atoms with van der Waals surface area (Å²) in [5.41, 5.74) is 0.869. The van der Waals surface area contributed by atoms with Gasteiger partial charge in [-0.1, -0.05) is 35.9 Å². The van der Waals surface area contributed by atoms with Gasteiger partial charge in [-0.25, -0.2) is 9.78 Å². The minimum atomic E-state index is -1.08. The van der Waals surface area contributed by atoms with Crippen molar-refractivity contribution in [2.75, 3.05) is 0 Å². The van der Waals surface area contributed by atoms with Crippen LogP contribution in [-0.4, -0.2) is 31.2 Å². The van der Waals surface area contributed by atoms with Crippen molar-refractivity contribution in [2.24, 2.45) is 0 Å². The Morgan fingerprint density at radius 1 is 1.17 bits per heavy atom. The van der Waals surface area contributed by atoms with Crippen LogP contribution < -0.4 is 5.56 Å². The average molecular weight is 414 g/mol. The Labute approximate surface area is 174 Å². The Hall–Kier alpha value is -2.86. The second kappa shape index (κ2) is 7.52. The third-order valence-electron chi connectivity index (χ3n) is 4.91. The molecule has 0 unspecified atom stereocenters. The molecule has 2 aromatic carbocycles. The summed E-state index contributed by atoms with van der Waals surface area (Å²) in [4.78, 5) is 31.7. The van der Waals surface area contributed by atoms with E-state index in [9.17, 15) is 14.7 Å². The van der Waals surface area contributed by atoms with E-state index in [4.69, 9.17) is 16.6 Å². The van der Waals surface area contributed by atoms with Gasteiger partial charge in [0, 0.05) is 5.54 Å². The SMILES string of the molecule is Cc1ccc(Cl)c2c(=O)n(-c3ccccc3)c([C@H](C)N(C(=O)O)C(C)(C)C)nc12. The van der Waals surface area contributed by atoms with Crippen LogP contribution in [0.5, 0.6) is 0 Å². The number of fused-ring (bicyclic) bond motifs is 1. The van der Waals surface area contributed by atoms with Gasteiger partial charge in [0.2, 0.25) is 0 Å². The highest BCUT2D eigenvalue weighted by Crippen LogP contribution is 2.30. The number of rotatable bonds is 3. The molecule has 0 saturated heterocycles. The van der Waals surface area contributed by atoms with E-state index in [1.807, 2.05) is 45.9 Å². The van der Waals surface area contributed by atoms with Gasteiger partial charge in [0.05, 0.1) is 27.7 Å². The first-order valence-corrected chi connectivity index (χ1v) is 9.71. The molecule has 3 rings (SSSR count). The summed E-state index contributed by atoms with van der Waals surface area (Å²) in [6, 6.07) is 11.9. The van der Waals surface area contributed by atoms with Crippen LogP contribution in [-0.2, 0) is 0 Å². The molecule has 152 valence electrons. The molecule has 1 aromatic heterocycles. The van der Waals surface area contributed by atoms with Crippen LogP contribution in [0.2, 0.25) is 5.02 Å². The normalized spacial score (nSPS) is 12.8. The molecule has 1 atom stereocenters. The molecule has 1 amide bonds. The van der Waals surface area contributed by atoms with E-state index in [-0.39, 0.29) is 5.56 Å². The highest BCUT2D eigenvalue weighted by atomic mass is 35.5. The van der Waals surface area contributed by atoms with Crippen molar-refractivity contribution in [1.82, 2.24) is 14.5 Å². The minimum absolute atomic E-state index is 0.317. The maximum atomic E-state index is 13.5. The van der Waals surface area contributed by atoms with E-state index in [2.05, 4.69) is 0 Å². The van der Waals surface area contributed by atoms with Crippen LogP contribution in [0.25, 0.3) is 16.6 Å². The molecule has 0 spiro atoms. The first-order valence-electron chi connectivity index (χ1n) is 9.33. The van der Waals surface area contributed by atoms with Gasteiger partial charge in [0.25, 0.3) is 5.56 Å². The standard InChI is InChI=1S/C22H24ClN3O3/c1-13-11-12-16(23)17-18(13)24-19(14(2)26(21(28)29)22(3,4)5)25(20(17)27)15-9-7-6-8-10-15/h6-12,14H,1-5H3,(H,28,29)/t14-/m0/s1. The number of amides is 1. The van der Waals surface area contributed by atoms with Gasteiger partial charge in [-0.05, 0) is 58.4 Å². The van der Waals surface area contributed by atoms with Crippen LogP contribution in [0.15, 0.2) is 47.3 Å². The quantitative estimate of drug-likeness (QED) is 0.641. The van der Waals surface area contributed by atoms with E-state index >= 15 is 0 Å². The lowest BCUT2D eigenvalue weighted by molar-refractivity contribution is 0.0719. The van der Waals surface area contributed by atoms with E-state index in [0.29, 0.717) is 27.4 Å². The van der Waals surface area contributed by atoms with Crippen molar-refractivity contribution in [3.05, 3.63) is 69.2 Å².